The maximum absolute atomic E-state index is 11.9. The summed E-state index contributed by atoms with van der Waals surface area (Å²) in [6.07, 6.45) is 2.92. The first kappa shape index (κ1) is 14.9. The Morgan fingerprint density at radius 1 is 1.35 bits per heavy atom. The summed E-state index contributed by atoms with van der Waals surface area (Å²) < 4.78 is 1.64. The van der Waals surface area contributed by atoms with Crippen LogP contribution < -0.4 is 5.32 Å². The van der Waals surface area contributed by atoms with E-state index in [0.717, 1.165) is 18.9 Å². The molecule has 1 saturated heterocycles. The smallest absolute Gasteiger partial charge is 0.221 e. The van der Waals surface area contributed by atoms with E-state index in [2.05, 4.69) is 39.6 Å². The highest BCUT2D eigenvalue weighted by Crippen LogP contribution is 2.19. The number of amides is 1. The minimum Gasteiger partial charge on any atom is -0.354 e. The quantitative estimate of drug-likeness (QED) is 0.814. The fourth-order valence-electron chi connectivity index (χ4n) is 2.50. The molecular weight excluding hydrogens is 256 g/mol. The van der Waals surface area contributed by atoms with Crippen molar-refractivity contribution in [1.29, 1.82) is 0 Å². The molecule has 1 fully saturated rings. The number of nitrogens with one attached hydrogen (secondary N) is 1. The molecule has 1 aromatic rings. The van der Waals surface area contributed by atoms with Crippen molar-refractivity contribution in [2.45, 2.75) is 52.1 Å². The van der Waals surface area contributed by atoms with Crippen molar-refractivity contribution >= 4 is 5.91 Å². The molecule has 0 atom stereocenters. The molecule has 112 valence electrons. The molecule has 20 heavy (non-hydrogen) atoms. The van der Waals surface area contributed by atoms with E-state index in [-0.39, 0.29) is 11.4 Å². The summed E-state index contributed by atoms with van der Waals surface area (Å²) >= 11 is 0. The minimum absolute atomic E-state index is 0.0247. The second-order valence-electron chi connectivity index (χ2n) is 5.98. The van der Waals surface area contributed by atoms with Crippen molar-refractivity contribution in [3.05, 3.63) is 5.82 Å². The first-order valence-electron chi connectivity index (χ1n) is 7.23. The summed E-state index contributed by atoms with van der Waals surface area (Å²) in [5, 5.41) is 14.2. The molecule has 1 aliphatic heterocycles. The Kier molecular flexibility index (Phi) is 4.69. The highest BCUT2D eigenvalue weighted by Gasteiger charge is 2.29. The van der Waals surface area contributed by atoms with Crippen molar-refractivity contribution in [1.82, 2.24) is 30.4 Å². The third-order valence-electron chi connectivity index (χ3n) is 3.94. The van der Waals surface area contributed by atoms with Crippen LogP contribution in [0.15, 0.2) is 0 Å². The van der Waals surface area contributed by atoms with Crippen LogP contribution in [0.3, 0.4) is 0 Å². The second kappa shape index (κ2) is 6.30. The lowest BCUT2D eigenvalue weighted by Gasteiger charge is -2.35. The predicted molar refractivity (Wildman–Crippen MR) is 75.1 cm³/mol. The number of aryl methyl sites for hydroxylation is 2. The van der Waals surface area contributed by atoms with Gasteiger partial charge in [0.25, 0.3) is 0 Å². The predicted octanol–water partition coefficient (Wildman–Crippen LogP) is 0.362. The highest BCUT2D eigenvalue weighted by molar-refractivity contribution is 5.75. The van der Waals surface area contributed by atoms with Gasteiger partial charge < -0.3 is 5.32 Å². The second-order valence-corrected chi connectivity index (χ2v) is 5.98. The minimum atomic E-state index is 0.0247. The van der Waals surface area contributed by atoms with Crippen LogP contribution in [-0.4, -0.2) is 56.2 Å². The average Bonchev–Trinajstić information content (AvgIpc) is 3.05. The molecule has 0 bridgehead atoms. The molecule has 1 aliphatic rings. The van der Waals surface area contributed by atoms with Gasteiger partial charge >= 0.3 is 0 Å². The number of rotatable bonds is 6. The summed E-state index contributed by atoms with van der Waals surface area (Å²) in [5.41, 5.74) is 0.0247. The number of likely N-dealkylation sites (tertiary alicyclic amines) is 1. The number of aromatic nitrogens is 4. The zero-order chi connectivity index (χ0) is 14.6. The van der Waals surface area contributed by atoms with Gasteiger partial charge in [-0.1, -0.05) is 0 Å². The van der Waals surface area contributed by atoms with E-state index < -0.39 is 0 Å². The molecule has 0 radical (unpaired) electrons. The molecule has 0 saturated carbocycles. The molecule has 7 heteroatoms. The van der Waals surface area contributed by atoms with Gasteiger partial charge in [-0.05, 0) is 57.1 Å². The van der Waals surface area contributed by atoms with E-state index >= 15 is 0 Å². The van der Waals surface area contributed by atoms with E-state index in [9.17, 15) is 4.79 Å². The van der Waals surface area contributed by atoms with Crippen molar-refractivity contribution < 1.29 is 4.79 Å². The Bertz CT molecular complexity index is 449. The Morgan fingerprint density at radius 3 is 2.65 bits per heavy atom. The molecule has 0 aliphatic carbocycles. The third kappa shape index (κ3) is 3.75. The molecule has 0 spiro atoms. The molecule has 0 aromatic carbocycles. The van der Waals surface area contributed by atoms with Gasteiger partial charge in [0.15, 0.2) is 0 Å². The zero-order valence-electron chi connectivity index (χ0n) is 12.6. The number of nitrogens with zero attached hydrogens (tertiary/aromatic N) is 5. The van der Waals surface area contributed by atoms with E-state index in [4.69, 9.17) is 0 Å². The number of carbonyl (C=O) groups is 1. The number of hydrogen-bond donors (Lipinski definition) is 1. The van der Waals surface area contributed by atoms with Gasteiger partial charge in [-0.25, -0.2) is 4.68 Å². The Morgan fingerprint density at radius 2 is 2.05 bits per heavy atom. The van der Waals surface area contributed by atoms with E-state index in [0.29, 0.717) is 19.5 Å². The van der Waals surface area contributed by atoms with Crippen LogP contribution >= 0.6 is 0 Å². The van der Waals surface area contributed by atoms with Crippen LogP contribution in [-0.2, 0) is 11.3 Å². The summed E-state index contributed by atoms with van der Waals surface area (Å²) in [6, 6.07) is 0. The van der Waals surface area contributed by atoms with Crippen LogP contribution in [0.1, 0.15) is 38.9 Å². The zero-order valence-corrected chi connectivity index (χ0v) is 12.6. The fourth-order valence-corrected chi connectivity index (χ4v) is 2.50. The van der Waals surface area contributed by atoms with Crippen molar-refractivity contribution in [3.8, 4) is 0 Å². The van der Waals surface area contributed by atoms with Gasteiger partial charge in [-0.15, -0.1) is 5.10 Å². The fraction of sp³-hybridized carbons (Fsp3) is 0.846. The molecule has 2 heterocycles. The van der Waals surface area contributed by atoms with Gasteiger partial charge in [0.05, 0.1) is 6.54 Å². The molecule has 2 rings (SSSR count). The van der Waals surface area contributed by atoms with Crippen LogP contribution in [0.25, 0.3) is 0 Å². The van der Waals surface area contributed by atoms with Gasteiger partial charge in [-0.3, -0.25) is 9.69 Å². The Hall–Kier alpha value is -1.50. The van der Waals surface area contributed by atoms with Crippen molar-refractivity contribution in [2.75, 3.05) is 19.6 Å². The van der Waals surface area contributed by atoms with Crippen LogP contribution in [0.2, 0.25) is 0 Å². The molecule has 1 aromatic heterocycles. The Balaban J connectivity index is 1.73. The van der Waals surface area contributed by atoms with Crippen LogP contribution in [0, 0.1) is 6.92 Å². The normalized spacial score (nSPS) is 16.6. The SMILES string of the molecule is Cc1nnnn1CCC(=O)NCC(C)(C)N1CCCC1. The number of tetrazole rings is 1. The summed E-state index contributed by atoms with van der Waals surface area (Å²) in [6.45, 7) is 9.66. The van der Waals surface area contributed by atoms with Gasteiger partial charge in [0.1, 0.15) is 5.82 Å². The summed E-state index contributed by atoms with van der Waals surface area (Å²) in [7, 11) is 0. The highest BCUT2D eigenvalue weighted by atomic mass is 16.1. The van der Waals surface area contributed by atoms with E-state index in [1.807, 2.05) is 6.92 Å². The summed E-state index contributed by atoms with van der Waals surface area (Å²) in [5.74, 6) is 0.780. The summed E-state index contributed by atoms with van der Waals surface area (Å²) in [4.78, 5) is 14.3. The standard InChI is InChI=1S/C13H24N6O/c1-11-15-16-17-19(11)9-6-12(20)14-10-13(2,3)18-7-4-5-8-18/h4-10H2,1-3H3,(H,14,20). The number of hydrogen-bond acceptors (Lipinski definition) is 5. The molecular formula is C13H24N6O. The van der Waals surface area contributed by atoms with Crippen molar-refractivity contribution in [3.63, 3.8) is 0 Å². The topological polar surface area (TPSA) is 75.9 Å². The van der Waals surface area contributed by atoms with E-state index in [1.165, 1.54) is 12.8 Å². The average molecular weight is 280 g/mol. The lowest BCUT2D eigenvalue weighted by atomic mass is 10.0. The lowest BCUT2D eigenvalue weighted by molar-refractivity contribution is -0.121. The number of carbonyl (C=O) groups excluding carboxylic acids is 1. The first-order valence-corrected chi connectivity index (χ1v) is 7.23. The molecule has 7 nitrogen and oxygen atoms in total. The van der Waals surface area contributed by atoms with Crippen molar-refractivity contribution in [2.24, 2.45) is 0 Å². The van der Waals surface area contributed by atoms with Gasteiger partial charge in [-0.2, -0.15) is 0 Å². The molecule has 1 amide bonds. The van der Waals surface area contributed by atoms with Gasteiger partial charge in [0, 0.05) is 18.5 Å². The van der Waals surface area contributed by atoms with E-state index in [1.54, 1.807) is 4.68 Å². The van der Waals surface area contributed by atoms with Crippen LogP contribution in [0.4, 0.5) is 0 Å². The van der Waals surface area contributed by atoms with Gasteiger partial charge in [0.2, 0.25) is 5.91 Å². The largest absolute Gasteiger partial charge is 0.354 e. The first-order chi connectivity index (χ1) is 9.49. The molecule has 1 N–H and O–H groups in total. The van der Waals surface area contributed by atoms with Crippen LogP contribution in [0.5, 0.6) is 0 Å². The monoisotopic (exact) mass is 280 g/mol. The third-order valence-corrected chi connectivity index (χ3v) is 3.94. The molecule has 0 unspecified atom stereocenters. The lowest BCUT2D eigenvalue weighted by Crippen LogP contribution is -2.50. The maximum atomic E-state index is 11.9. The maximum Gasteiger partial charge on any atom is 0.221 e. The Labute approximate surface area is 119 Å².